The van der Waals surface area contributed by atoms with Gasteiger partial charge < -0.3 is 13.8 Å². The number of hydrogen-bond acceptors (Lipinski definition) is 7. The van der Waals surface area contributed by atoms with E-state index in [9.17, 15) is 0 Å². The lowest BCUT2D eigenvalue weighted by atomic mass is 10.2. The highest BCUT2D eigenvalue weighted by Crippen LogP contribution is 2.28. The molecule has 4 rings (SSSR count). The highest BCUT2D eigenvalue weighted by Gasteiger charge is 2.16. The van der Waals surface area contributed by atoms with Crippen LogP contribution in [0.2, 0.25) is 0 Å². The molecule has 8 heteroatoms. The lowest BCUT2D eigenvalue weighted by Crippen LogP contribution is -2.02. The number of methoxy groups -OCH3 is 1. The Hall–Kier alpha value is -3.13. The molecule has 2 heterocycles. The second kappa shape index (κ2) is 9.58. The number of hydrogen-bond donors (Lipinski definition) is 0. The lowest BCUT2D eigenvalue weighted by Gasteiger charge is -2.09. The molecule has 0 amide bonds. The van der Waals surface area contributed by atoms with Crippen molar-refractivity contribution in [1.82, 2.24) is 24.9 Å². The summed E-state index contributed by atoms with van der Waals surface area (Å²) in [5.41, 5.74) is 1.95. The molecule has 0 fully saturated rings. The quantitative estimate of drug-likeness (QED) is 0.348. The normalized spacial score (nSPS) is 11.0. The summed E-state index contributed by atoms with van der Waals surface area (Å²) in [4.78, 5) is 4.50. The third-order valence-corrected chi connectivity index (χ3v) is 5.58. The van der Waals surface area contributed by atoms with Crippen LogP contribution >= 0.6 is 11.8 Å². The van der Waals surface area contributed by atoms with Crippen LogP contribution in [0.5, 0.6) is 5.75 Å². The number of ether oxygens (including phenoxy) is 1. The largest absolute Gasteiger partial charge is 0.497 e. The van der Waals surface area contributed by atoms with E-state index in [1.165, 1.54) is 0 Å². The zero-order chi connectivity index (χ0) is 20.8. The van der Waals surface area contributed by atoms with Crippen molar-refractivity contribution in [2.45, 2.75) is 37.2 Å². The fourth-order valence-electron chi connectivity index (χ4n) is 3.01. The molecule has 2 aromatic heterocycles. The standard InChI is InChI=1S/C22H23N5O2S/c1-3-4-14-27-21(17-10-12-18(28-2)13-11-17)24-25-22(27)30-15-19-23-20(26-29-19)16-8-6-5-7-9-16/h5-13H,3-4,14-15H2,1-2H3. The molecule has 4 aromatic rings. The second-order valence-corrected chi connectivity index (χ2v) is 7.65. The van der Waals surface area contributed by atoms with Crippen LogP contribution in [0.4, 0.5) is 0 Å². The Balaban J connectivity index is 1.52. The van der Waals surface area contributed by atoms with Gasteiger partial charge in [0.25, 0.3) is 0 Å². The molecule has 0 atom stereocenters. The average molecular weight is 422 g/mol. The van der Waals surface area contributed by atoms with Gasteiger partial charge in [-0.05, 0) is 30.7 Å². The highest BCUT2D eigenvalue weighted by molar-refractivity contribution is 7.98. The van der Waals surface area contributed by atoms with E-state index in [1.807, 2.05) is 54.6 Å². The maximum Gasteiger partial charge on any atom is 0.237 e. The van der Waals surface area contributed by atoms with Gasteiger partial charge in [-0.15, -0.1) is 10.2 Å². The number of unbranched alkanes of at least 4 members (excludes halogenated alkanes) is 1. The Kier molecular flexibility index (Phi) is 6.44. The van der Waals surface area contributed by atoms with Gasteiger partial charge in [-0.2, -0.15) is 4.98 Å². The first-order valence-electron chi connectivity index (χ1n) is 9.87. The number of aromatic nitrogens is 5. The van der Waals surface area contributed by atoms with Gasteiger partial charge in [-0.25, -0.2) is 0 Å². The number of nitrogens with zero attached hydrogens (tertiary/aromatic N) is 5. The first kappa shape index (κ1) is 20.2. The van der Waals surface area contributed by atoms with Crippen molar-refractivity contribution in [2.75, 3.05) is 7.11 Å². The van der Waals surface area contributed by atoms with Gasteiger partial charge in [-0.3, -0.25) is 0 Å². The summed E-state index contributed by atoms with van der Waals surface area (Å²) in [5, 5.41) is 13.8. The summed E-state index contributed by atoms with van der Waals surface area (Å²) in [6.07, 6.45) is 2.14. The summed E-state index contributed by atoms with van der Waals surface area (Å²) in [6.45, 7) is 3.03. The molecule has 0 aliphatic rings. The molecular formula is C22H23N5O2S. The maximum atomic E-state index is 5.43. The minimum atomic E-state index is 0.534. The fourth-order valence-corrected chi connectivity index (χ4v) is 3.81. The van der Waals surface area contributed by atoms with Gasteiger partial charge in [0.15, 0.2) is 11.0 Å². The molecule has 0 spiro atoms. The smallest absolute Gasteiger partial charge is 0.237 e. The van der Waals surface area contributed by atoms with Gasteiger partial charge in [0.1, 0.15) is 5.75 Å². The van der Waals surface area contributed by atoms with E-state index >= 15 is 0 Å². The van der Waals surface area contributed by atoms with E-state index in [2.05, 4.69) is 31.8 Å². The minimum Gasteiger partial charge on any atom is -0.497 e. The Labute approximate surface area is 179 Å². The maximum absolute atomic E-state index is 5.43. The average Bonchev–Trinajstić information content (AvgIpc) is 3.44. The molecule has 0 unspecified atom stereocenters. The van der Waals surface area contributed by atoms with Crippen molar-refractivity contribution in [1.29, 1.82) is 0 Å². The van der Waals surface area contributed by atoms with Crippen LogP contribution in [0.1, 0.15) is 25.7 Å². The van der Waals surface area contributed by atoms with E-state index in [1.54, 1.807) is 18.9 Å². The zero-order valence-electron chi connectivity index (χ0n) is 17.0. The van der Waals surface area contributed by atoms with E-state index < -0.39 is 0 Å². The molecule has 0 saturated heterocycles. The molecule has 0 aliphatic carbocycles. The summed E-state index contributed by atoms with van der Waals surface area (Å²) in [5.74, 6) is 3.36. The number of rotatable bonds is 9. The molecule has 154 valence electrons. The Morgan fingerprint density at radius 2 is 1.80 bits per heavy atom. The van der Waals surface area contributed by atoms with E-state index in [-0.39, 0.29) is 0 Å². The van der Waals surface area contributed by atoms with Gasteiger partial charge in [0.2, 0.25) is 11.7 Å². The van der Waals surface area contributed by atoms with Crippen LogP contribution in [0.25, 0.3) is 22.8 Å². The molecule has 0 bridgehead atoms. The van der Waals surface area contributed by atoms with E-state index in [4.69, 9.17) is 9.26 Å². The third kappa shape index (κ3) is 4.54. The molecule has 0 saturated carbocycles. The molecular weight excluding hydrogens is 398 g/mol. The van der Waals surface area contributed by atoms with Crippen LogP contribution in [-0.4, -0.2) is 32.0 Å². The molecule has 2 aromatic carbocycles. The zero-order valence-corrected chi connectivity index (χ0v) is 17.8. The summed E-state index contributed by atoms with van der Waals surface area (Å²) in [7, 11) is 1.66. The van der Waals surface area contributed by atoms with Crippen molar-refractivity contribution >= 4 is 11.8 Å². The number of thioether (sulfide) groups is 1. The first-order valence-corrected chi connectivity index (χ1v) is 10.9. The highest BCUT2D eigenvalue weighted by atomic mass is 32.2. The monoisotopic (exact) mass is 421 g/mol. The Morgan fingerprint density at radius 3 is 2.53 bits per heavy atom. The van der Waals surface area contributed by atoms with Crippen LogP contribution in [0.3, 0.4) is 0 Å². The summed E-state index contributed by atoms with van der Waals surface area (Å²) in [6, 6.07) is 17.7. The van der Waals surface area contributed by atoms with Crippen LogP contribution < -0.4 is 4.74 Å². The molecule has 0 N–H and O–H groups in total. The lowest BCUT2D eigenvalue weighted by molar-refractivity contribution is 0.391. The predicted molar refractivity (Wildman–Crippen MR) is 116 cm³/mol. The fraction of sp³-hybridized carbons (Fsp3) is 0.273. The summed E-state index contributed by atoms with van der Waals surface area (Å²) >= 11 is 1.55. The van der Waals surface area contributed by atoms with Crippen molar-refractivity contribution < 1.29 is 9.26 Å². The minimum absolute atomic E-state index is 0.534. The van der Waals surface area contributed by atoms with Gasteiger partial charge in [0.05, 0.1) is 12.9 Å². The first-order chi connectivity index (χ1) is 14.8. The Bertz CT molecular complexity index is 1080. The van der Waals surface area contributed by atoms with Crippen molar-refractivity contribution in [2.24, 2.45) is 0 Å². The van der Waals surface area contributed by atoms with Gasteiger partial charge >= 0.3 is 0 Å². The van der Waals surface area contributed by atoms with Crippen LogP contribution in [0.15, 0.2) is 64.3 Å². The van der Waals surface area contributed by atoms with Crippen LogP contribution in [0, 0.1) is 0 Å². The van der Waals surface area contributed by atoms with Gasteiger partial charge in [0, 0.05) is 17.7 Å². The van der Waals surface area contributed by atoms with Crippen molar-refractivity contribution in [3.63, 3.8) is 0 Å². The van der Waals surface area contributed by atoms with Gasteiger partial charge in [-0.1, -0.05) is 60.6 Å². The number of benzene rings is 2. The topological polar surface area (TPSA) is 78.9 Å². The SMILES string of the molecule is CCCCn1c(SCc2nc(-c3ccccc3)no2)nnc1-c1ccc(OC)cc1. The van der Waals surface area contributed by atoms with Crippen molar-refractivity contribution in [3.8, 4) is 28.5 Å². The predicted octanol–water partition coefficient (Wildman–Crippen LogP) is 5.10. The molecule has 7 nitrogen and oxygen atoms in total. The van der Waals surface area contributed by atoms with E-state index in [0.717, 1.165) is 47.2 Å². The summed E-state index contributed by atoms with van der Waals surface area (Å²) < 4.78 is 12.8. The Morgan fingerprint density at radius 1 is 1.00 bits per heavy atom. The van der Waals surface area contributed by atoms with Crippen molar-refractivity contribution in [3.05, 3.63) is 60.5 Å². The molecule has 30 heavy (non-hydrogen) atoms. The molecule has 0 radical (unpaired) electrons. The third-order valence-electron chi connectivity index (χ3n) is 4.63. The van der Waals surface area contributed by atoms with E-state index in [0.29, 0.717) is 17.5 Å². The second-order valence-electron chi connectivity index (χ2n) is 6.71. The molecule has 0 aliphatic heterocycles. The van der Waals surface area contributed by atoms with Crippen LogP contribution in [-0.2, 0) is 12.3 Å².